The largest absolute Gasteiger partial charge is 0.330 e. The Morgan fingerprint density at radius 1 is 1.26 bits per heavy atom. The number of thiazole rings is 1. The molecule has 5 heteroatoms. The van der Waals surface area contributed by atoms with E-state index < -0.39 is 0 Å². The third-order valence-electron chi connectivity index (χ3n) is 3.30. The van der Waals surface area contributed by atoms with Crippen molar-refractivity contribution in [3.05, 3.63) is 40.5 Å². The van der Waals surface area contributed by atoms with E-state index in [1.807, 2.05) is 4.52 Å². The van der Waals surface area contributed by atoms with Crippen LogP contribution in [0.4, 0.5) is 0 Å². The zero-order chi connectivity index (χ0) is 13.4. The van der Waals surface area contributed by atoms with E-state index >= 15 is 0 Å². The van der Waals surface area contributed by atoms with Gasteiger partial charge in [-0.05, 0) is 37.6 Å². The zero-order valence-electron chi connectivity index (χ0n) is 11.1. The molecule has 0 radical (unpaired) electrons. The number of aryl methyl sites for hydroxylation is 2. The highest BCUT2D eigenvalue weighted by molar-refractivity contribution is 7.15. The summed E-state index contributed by atoms with van der Waals surface area (Å²) in [4.78, 5) is 5.41. The Kier molecular flexibility index (Phi) is 3.08. The van der Waals surface area contributed by atoms with E-state index in [-0.39, 0.29) is 0 Å². The van der Waals surface area contributed by atoms with E-state index in [1.165, 1.54) is 16.7 Å². The molecule has 0 amide bonds. The van der Waals surface area contributed by atoms with Crippen LogP contribution in [0, 0.1) is 13.8 Å². The highest BCUT2D eigenvalue weighted by Crippen LogP contribution is 2.26. The van der Waals surface area contributed by atoms with Gasteiger partial charge in [-0.1, -0.05) is 12.1 Å². The normalized spacial score (nSPS) is 11.3. The van der Waals surface area contributed by atoms with Gasteiger partial charge in [-0.3, -0.25) is 0 Å². The molecule has 0 unspecified atom stereocenters. The van der Waals surface area contributed by atoms with Gasteiger partial charge in [0.25, 0.3) is 0 Å². The second kappa shape index (κ2) is 4.75. The predicted molar refractivity (Wildman–Crippen MR) is 78.5 cm³/mol. The van der Waals surface area contributed by atoms with Crippen LogP contribution < -0.4 is 5.73 Å². The molecule has 0 saturated heterocycles. The van der Waals surface area contributed by atoms with Crippen molar-refractivity contribution in [2.45, 2.75) is 20.3 Å². The fourth-order valence-corrected chi connectivity index (χ4v) is 2.91. The third-order valence-corrected chi connectivity index (χ3v) is 4.11. The fourth-order valence-electron chi connectivity index (χ4n) is 2.06. The summed E-state index contributed by atoms with van der Waals surface area (Å²) in [5, 5.41) is 6.63. The minimum atomic E-state index is 0.580. The molecule has 1 aromatic carbocycles. The van der Waals surface area contributed by atoms with Crippen LogP contribution in [0.15, 0.2) is 23.6 Å². The van der Waals surface area contributed by atoms with Gasteiger partial charge in [0.1, 0.15) is 0 Å². The number of aromatic nitrogens is 3. The molecule has 3 rings (SSSR count). The SMILES string of the molecule is Cc1ccc(-c2csc3nc(CCN)nn23)cc1C. The standard InChI is InChI=1S/C14H16N4S/c1-9-3-4-11(7-10(9)2)12-8-19-14-16-13(5-6-15)17-18(12)14/h3-4,7-8H,5-6,15H2,1-2H3. The van der Waals surface area contributed by atoms with Crippen LogP contribution in [-0.4, -0.2) is 21.1 Å². The first-order valence-electron chi connectivity index (χ1n) is 6.30. The number of rotatable bonds is 3. The van der Waals surface area contributed by atoms with Crippen molar-refractivity contribution in [3.8, 4) is 11.3 Å². The monoisotopic (exact) mass is 272 g/mol. The van der Waals surface area contributed by atoms with Gasteiger partial charge in [0.15, 0.2) is 5.82 Å². The second-order valence-corrected chi connectivity index (χ2v) is 5.52. The molecule has 2 heterocycles. The average molecular weight is 272 g/mol. The van der Waals surface area contributed by atoms with Gasteiger partial charge in [-0.25, -0.2) is 9.50 Å². The number of nitrogens with zero attached hydrogens (tertiary/aromatic N) is 3. The minimum Gasteiger partial charge on any atom is -0.330 e. The van der Waals surface area contributed by atoms with Gasteiger partial charge >= 0.3 is 0 Å². The van der Waals surface area contributed by atoms with Gasteiger partial charge in [-0.2, -0.15) is 0 Å². The van der Waals surface area contributed by atoms with Crippen molar-refractivity contribution in [2.75, 3.05) is 6.54 Å². The molecule has 0 saturated carbocycles. The van der Waals surface area contributed by atoms with E-state index in [4.69, 9.17) is 5.73 Å². The van der Waals surface area contributed by atoms with Gasteiger partial charge in [-0.15, -0.1) is 16.4 Å². The lowest BCUT2D eigenvalue weighted by molar-refractivity contribution is 0.848. The van der Waals surface area contributed by atoms with Gasteiger partial charge < -0.3 is 5.73 Å². The highest BCUT2D eigenvalue weighted by atomic mass is 32.1. The van der Waals surface area contributed by atoms with Gasteiger partial charge in [0.05, 0.1) is 5.69 Å². The number of nitrogens with two attached hydrogens (primary N) is 1. The number of hydrogen-bond acceptors (Lipinski definition) is 4. The van der Waals surface area contributed by atoms with Crippen LogP contribution in [0.25, 0.3) is 16.2 Å². The molecule has 98 valence electrons. The summed E-state index contributed by atoms with van der Waals surface area (Å²) in [5.74, 6) is 0.819. The van der Waals surface area contributed by atoms with Gasteiger partial charge in [0, 0.05) is 17.4 Å². The van der Waals surface area contributed by atoms with Crippen molar-refractivity contribution in [3.63, 3.8) is 0 Å². The second-order valence-electron chi connectivity index (χ2n) is 4.68. The molecule has 0 aliphatic heterocycles. The average Bonchev–Trinajstić information content (AvgIpc) is 2.93. The van der Waals surface area contributed by atoms with Crippen LogP contribution >= 0.6 is 11.3 Å². The van der Waals surface area contributed by atoms with Crippen molar-refractivity contribution in [1.82, 2.24) is 14.6 Å². The van der Waals surface area contributed by atoms with E-state index in [2.05, 4.69) is 47.5 Å². The predicted octanol–water partition coefficient (Wildman–Crippen LogP) is 2.58. The first-order chi connectivity index (χ1) is 9.19. The summed E-state index contributed by atoms with van der Waals surface area (Å²) in [6.07, 6.45) is 0.723. The molecule has 0 bridgehead atoms. The molecule has 2 N–H and O–H groups in total. The Hall–Kier alpha value is -1.72. The Morgan fingerprint density at radius 3 is 2.84 bits per heavy atom. The summed E-state index contributed by atoms with van der Waals surface area (Å²) in [7, 11) is 0. The van der Waals surface area contributed by atoms with Crippen LogP contribution in [0.2, 0.25) is 0 Å². The smallest absolute Gasteiger partial charge is 0.212 e. The molecule has 0 aliphatic carbocycles. The molecule has 0 aliphatic rings. The summed E-state index contributed by atoms with van der Waals surface area (Å²) in [5.41, 5.74) is 10.4. The maximum Gasteiger partial charge on any atom is 0.212 e. The number of benzene rings is 1. The lowest BCUT2D eigenvalue weighted by atomic mass is 10.1. The lowest BCUT2D eigenvalue weighted by Gasteiger charge is -2.03. The van der Waals surface area contributed by atoms with E-state index in [0.29, 0.717) is 6.54 Å². The molecule has 0 fully saturated rings. The van der Waals surface area contributed by atoms with Crippen molar-refractivity contribution >= 4 is 16.3 Å². The van der Waals surface area contributed by atoms with Crippen LogP contribution in [0.1, 0.15) is 17.0 Å². The van der Waals surface area contributed by atoms with Crippen molar-refractivity contribution in [2.24, 2.45) is 5.73 Å². The topological polar surface area (TPSA) is 56.2 Å². The van der Waals surface area contributed by atoms with Crippen molar-refractivity contribution in [1.29, 1.82) is 0 Å². The number of fused-ring (bicyclic) bond motifs is 1. The Balaban J connectivity index is 2.10. The van der Waals surface area contributed by atoms with Crippen LogP contribution in [0.5, 0.6) is 0 Å². The van der Waals surface area contributed by atoms with Crippen molar-refractivity contribution < 1.29 is 0 Å². The van der Waals surface area contributed by atoms with Crippen LogP contribution in [-0.2, 0) is 6.42 Å². The third kappa shape index (κ3) is 2.15. The summed E-state index contributed by atoms with van der Waals surface area (Å²) < 4.78 is 1.92. The Labute approximate surface area is 115 Å². The number of hydrogen-bond donors (Lipinski definition) is 1. The quantitative estimate of drug-likeness (QED) is 0.797. The van der Waals surface area contributed by atoms with E-state index in [9.17, 15) is 0 Å². The maximum absolute atomic E-state index is 5.55. The first kappa shape index (κ1) is 12.3. The molecule has 0 spiro atoms. The molecular weight excluding hydrogens is 256 g/mol. The minimum absolute atomic E-state index is 0.580. The molecule has 3 aromatic rings. The molecule has 0 atom stereocenters. The fraction of sp³-hybridized carbons (Fsp3) is 0.286. The van der Waals surface area contributed by atoms with Gasteiger partial charge in [0.2, 0.25) is 4.96 Å². The summed E-state index contributed by atoms with van der Waals surface area (Å²) in [6.45, 7) is 4.83. The summed E-state index contributed by atoms with van der Waals surface area (Å²) in [6, 6.07) is 6.47. The summed E-state index contributed by atoms with van der Waals surface area (Å²) >= 11 is 1.61. The Morgan fingerprint density at radius 2 is 2.11 bits per heavy atom. The molecule has 4 nitrogen and oxygen atoms in total. The molecule has 2 aromatic heterocycles. The molecule has 19 heavy (non-hydrogen) atoms. The Bertz CT molecular complexity index is 726. The van der Waals surface area contributed by atoms with E-state index in [1.54, 1.807) is 11.3 Å². The molecular formula is C14H16N4S. The van der Waals surface area contributed by atoms with Crippen LogP contribution in [0.3, 0.4) is 0 Å². The zero-order valence-corrected chi connectivity index (χ0v) is 11.9. The lowest BCUT2D eigenvalue weighted by Crippen LogP contribution is -2.04. The maximum atomic E-state index is 5.55. The first-order valence-corrected chi connectivity index (χ1v) is 7.18. The van der Waals surface area contributed by atoms with E-state index in [0.717, 1.165) is 22.9 Å². The highest BCUT2D eigenvalue weighted by Gasteiger charge is 2.11.